The van der Waals surface area contributed by atoms with Gasteiger partial charge in [-0.05, 0) is 42.0 Å². The highest BCUT2D eigenvalue weighted by Gasteiger charge is 2.04. The van der Waals surface area contributed by atoms with E-state index in [4.69, 9.17) is 21.4 Å². The van der Waals surface area contributed by atoms with Crippen molar-refractivity contribution in [3.8, 4) is 5.75 Å². The Morgan fingerprint density at radius 3 is 2.38 bits per heavy atom. The summed E-state index contributed by atoms with van der Waals surface area (Å²) in [6.45, 7) is -0.396. The minimum absolute atomic E-state index is 0.104. The largest absolute Gasteiger partial charge is 0.482 e. The van der Waals surface area contributed by atoms with E-state index < -0.39 is 12.6 Å². The number of ether oxygens (including phenoxy) is 1. The lowest BCUT2D eigenvalue weighted by atomic mass is 10.2. The Kier molecular flexibility index (Phi) is 6.96. The molecule has 0 saturated carbocycles. The van der Waals surface area contributed by atoms with Crippen LogP contribution in [0.4, 0.5) is 5.69 Å². The first-order valence-corrected chi connectivity index (χ1v) is 8.63. The number of hydrogen-bond acceptors (Lipinski definition) is 4. The molecule has 1 amide bonds. The number of carbonyl (C=O) groups is 2. The SMILES string of the molecule is O=C(O)COc1ccc(NC(=O)CSCc2ccc(Cl)cc2)cc1. The number of aliphatic carboxylic acids is 1. The van der Waals surface area contributed by atoms with E-state index in [1.165, 1.54) is 11.8 Å². The van der Waals surface area contributed by atoms with Crippen LogP contribution < -0.4 is 10.1 Å². The van der Waals surface area contributed by atoms with Crippen LogP contribution >= 0.6 is 23.4 Å². The van der Waals surface area contributed by atoms with Crippen molar-refractivity contribution in [2.75, 3.05) is 17.7 Å². The van der Waals surface area contributed by atoms with Crippen molar-refractivity contribution in [2.45, 2.75) is 5.75 Å². The van der Waals surface area contributed by atoms with Crippen LogP contribution in [-0.2, 0) is 15.3 Å². The highest BCUT2D eigenvalue weighted by molar-refractivity contribution is 7.99. The van der Waals surface area contributed by atoms with Gasteiger partial charge in [0.25, 0.3) is 0 Å². The maximum Gasteiger partial charge on any atom is 0.341 e. The summed E-state index contributed by atoms with van der Waals surface area (Å²) in [4.78, 5) is 22.3. The number of thioether (sulfide) groups is 1. The van der Waals surface area contributed by atoms with Crippen molar-refractivity contribution in [3.63, 3.8) is 0 Å². The lowest BCUT2D eigenvalue weighted by molar-refractivity contribution is -0.139. The molecule has 0 saturated heterocycles. The molecule has 0 unspecified atom stereocenters. The summed E-state index contributed by atoms with van der Waals surface area (Å²) in [5.41, 5.74) is 1.74. The van der Waals surface area contributed by atoms with Gasteiger partial charge >= 0.3 is 5.97 Å². The number of anilines is 1. The smallest absolute Gasteiger partial charge is 0.341 e. The first-order chi connectivity index (χ1) is 11.5. The van der Waals surface area contributed by atoms with E-state index in [1.54, 1.807) is 24.3 Å². The number of hydrogen-bond donors (Lipinski definition) is 2. The average molecular weight is 366 g/mol. The summed E-state index contributed by atoms with van der Waals surface area (Å²) < 4.78 is 5.02. The third-order valence-electron chi connectivity index (χ3n) is 2.92. The number of rotatable bonds is 8. The molecule has 5 nitrogen and oxygen atoms in total. The van der Waals surface area contributed by atoms with Gasteiger partial charge in [0.15, 0.2) is 6.61 Å². The topological polar surface area (TPSA) is 75.6 Å². The fraction of sp³-hybridized carbons (Fsp3) is 0.176. The van der Waals surface area contributed by atoms with Gasteiger partial charge < -0.3 is 15.2 Å². The standard InChI is InChI=1S/C17H16ClNO4S/c18-13-3-1-12(2-4-13)10-24-11-16(20)19-14-5-7-15(8-6-14)23-9-17(21)22/h1-8H,9-11H2,(H,19,20)(H,21,22). The number of carbonyl (C=O) groups excluding carboxylic acids is 1. The van der Waals surface area contributed by atoms with E-state index >= 15 is 0 Å². The molecule has 7 heteroatoms. The molecule has 0 bridgehead atoms. The molecular weight excluding hydrogens is 350 g/mol. The Hall–Kier alpha value is -2.18. The Morgan fingerprint density at radius 2 is 1.75 bits per heavy atom. The van der Waals surface area contributed by atoms with Crippen molar-refractivity contribution in [1.29, 1.82) is 0 Å². The van der Waals surface area contributed by atoms with E-state index in [1.807, 2.05) is 24.3 Å². The van der Waals surface area contributed by atoms with Crippen LogP contribution in [-0.4, -0.2) is 29.3 Å². The quantitative estimate of drug-likeness (QED) is 0.746. The van der Waals surface area contributed by atoms with Crippen LogP contribution in [0.1, 0.15) is 5.56 Å². The first-order valence-electron chi connectivity index (χ1n) is 7.09. The highest BCUT2D eigenvalue weighted by Crippen LogP contribution is 2.18. The van der Waals surface area contributed by atoms with Gasteiger partial charge in [0, 0.05) is 16.5 Å². The van der Waals surface area contributed by atoms with Crippen LogP contribution in [0.5, 0.6) is 5.75 Å². The molecule has 0 fully saturated rings. The zero-order valence-corrected chi connectivity index (χ0v) is 14.3. The molecule has 2 aromatic rings. The van der Waals surface area contributed by atoms with Crippen LogP contribution in [0.3, 0.4) is 0 Å². The zero-order chi connectivity index (χ0) is 17.4. The number of nitrogens with one attached hydrogen (secondary N) is 1. The maximum atomic E-state index is 11.9. The van der Waals surface area contributed by atoms with E-state index in [9.17, 15) is 9.59 Å². The van der Waals surface area contributed by atoms with Crippen LogP contribution in [0.2, 0.25) is 5.02 Å². The molecule has 2 N–H and O–H groups in total. The molecular formula is C17H16ClNO4S. The molecule has 0 aliphatic heterocycles. The predicted molar refractivity (Wildman–Crippen MR) is 95.8 cm³/mol. The number of halogens is 1. The number of benzene rings is 2. The molecule has 0 spiro atoms. The lowest BCUT2D eigenvalue weighted by Gasteiger charge is -2.07. The Bertz CT molecular complexity index is 689. The summed E-state index contributed by atoms with van der Waals surface area (Å²) in [6.07, 6.45) is 0. The molecule has 2 aromatic carbocycles. The molecule has 0 aliphatic carbocycles. The lowest BCUT2D eigenvalue weighted by Crippen LogP contribution is -2.14. The molecule has 0 aliphatic rings. The van der Waals surface area contributed by atoms with Gasteiger partial charge in [0.2, 0.25) is 5.91 Å². The van der Waals surface area contributed by atoms with Gasteiger partial charge in [-0.2, -0.15) is 0 Å². The Balaban J connectivity index is 1.73. The molecule has 2 rings (SSSR count). The molecule has 0 atom stereocenters. The molecule has 0 radical (unpaired) electrons. The maximum absolute atomic E-state index is 11.9. The second-order valence-corrected chi connectivity index (χ2v) is 6.30. The van der Waals surface area contributed by atoms with Gasteiger partial charge in [-0.1, -0.05) is 23.7 Å². The van der Waals surface area contributed by atoms with Gasteiger partial charge in [-0.25, -0.2) is 4.79 Å². The van der Waals surface area contributed by atoms with Crippen LogP contribution in [0.25, 0.3) is 0 Å². The van der Waals surface area contributed by atoms with Gasteiger partial charge in [-0.15, -0.1) is 11.8 Å². The third-order valence-corrected chi connectivity index (χ3v) is 4.17. The first kappa shape index (κ1) is 18.2. The van der Waals surface area contributed by atoms with Crippen molar-refractivity contribution < 1.29 is 19.4 Å². The third kappa shape index (κ3) is 6.52. The van der Waals surface area contributed by atoms with E-state index in [2.05, 4.69) is 5.32 Å². The summed E-state index contributed by atoms with van der Waals surface area (Å²) >= 11 is 7.33. The molecule has 0 heterocycles. The highest BCUT2D eigenvalue weighted by atomic mass is 35.5. The summed E-state index contributed by atoms with van der Waals surface area (Å²) in [5.74, 6) is 0.359. The predicted octanol–water partition coefficient (Wildman–Crippen LogP) is 3.68. The van der Waals surface area contributed by atoms with Crippen molar-refractivity contribution in [3.05, 3.63) is 59.1 Å². The second-order valence-electron chi connectivity index (χ2n) is 4.87. The number of carboxylic acid groups (broad SMARTS) is 1. The molecule has 0 aromatic heterocycles. The summed E-state index contributed by atoms with van der Waals surface area (Å²) in [6, 6.07) is 14.1. The van der Waals surface area contributed by atoms with Crippen LogP contribution in [0, 0.1) is 0 Å². The minimum atomic E-state index is -1.04. The van der Waals surface area contributed by atoms with Crippen molar-refractivity contribution >= 4 is 40.9 Å². The Morgan fingerprint density at radius 1 is 1.08 bits per heavy atom. The van der Waals surface area contributed by atoms with Gasteiger partial charge in [0.05, 0.1) is 5.75 Å². The number of amides is 1. The fourth-order valence-corrected chi connectivity index (χ4v) is 2.73. The van der Waals surface area contributed by atoms with Gasteiger partial charge in [-0.3, -0.25) is 4.79 Å². The Labute approximate surface area is 149 Å². The molecule has 126 valence electrons. The van der Waals surface area contributed by atoms with Crippen molar-refractivity contribution in [1.82, 2.24) is 0 Å². The normalized spacial score (nSPS) is 10.2. The summed E-state index contributed by atoms with van der Waals surface area (Å²) in [5, 5.41) is 12.0. The number of carboxylic acids is 1. The van der Waals surface area contributed by atoms with Crippen molar-refractivity contribution in [2.24, 2.45) is 0 Å². The second kappa shape index (κ2) is 9.20. The minimum Gasteiger partial charge on any atom is -0.482 e. The van der Waals surface area contributed by atoms with E-state index in [0.717, 1.165) is 11.3 Å². The van der Waals surface area contributed by atoms with E-state index in [0.29, 0.717) is 22.2 Å². The zero-order valence-electron chi connectivity index (χ0n) is 12.7. The van der Waals surface area contributed by atoms with E-state index in [-0.39, 0.29) is 5.91 Å². The fourth-order valence-electron chi connectivity index (χ4n) is 1.82. The monoisotopic (exact) mass is 365 g/mol. The van der Waals surface area contributed by atoms with Gasteiger partial charge in [0.1, 0.15) is 5.75 Å². The average Bonchev–Trinajstić information content (AvgIpc) is 2.56. The summed E-state index contributed by atoms with van der Waals surface area (Å²) in [7, 11) is 0. The van der Waals surface area contributed by atoms with Crippen LogP contribution in [0.15, 0.2) is 48.5 Å². The molecule has 24 heavy (non-hydrogen) atoms.